The Labute approximate surface area is 249 Å². The number of fused-ring (bicyclic) bond motifs is 1. The Bertz CT molecular complexity index is 1260. The molecule has 4 rings (SSSR count). The van der Waals surface area contributed by atoms with Crippen molar-refractivity contribution in [3.63, 3.8) is 0 Å². The minimum Gasteiger partial charge on any atom is -0.480 e. The molecular formula is C32H45N7O3. The largest absolute Gasteiger partial charge is 0.480 e. The maximum absolute atomic E-state index is 12.1. The number of amides is 1. The second-order valence-corrected chi connectivity index (χ2v) is 10.1. The molecule has 3 heterocycles. The average molecular weight is 576 g/mol. The molecule has 2 aromatic heterocycles. The minimum absolute atomic E-state index is 0.0740. The third kappa shape index (κ3) is 10.7. The molecule has 0 aliphatic carbocycles. The number of nitrogens with one attached hydrogen (secondary N) is 3. The van der Waals surface area contributed by atoms with Gasteiger partial charge in [-0.05, 0) is 62.8 Å². The highest BCUT2D eigenvalue weighted by Crippen LogP contribution is 2.20. The van der Waals surface area contributed by atoms with Crippen LogP contribution in [0, 0.1) is 0 Å². The molecule has 0 spiro atoms. The van der Waals surface area contributed by atoms with Gasteiger partial charge in [-0.15, -0.1) is 0 Å². The second-order valence-electron chi connectivity index (χ2n) is 10.1. The Morgan fingerprint density at radius 1 is 1.02 bits per heavy atom. The Morgan fingerprint density at radius 2 is 1.83 bits per heavy atom. The summed E-state index contributed by atoms with van der Waals surface area (Å²) in [5, 5.41) is 19.2. The first-order chi connectivity index (χ1) is 20.5. The molecule has 1 aliphatic rings. The van der Waals surface area contributed by atoms with Gasteiger partial charge in [0.25, 0.3) is 0 Å². The predicted molar refractivity (Wildman–Crippen MR) is 168 cm³/mol. The van der Waals surface area contributed by atoms with E-state index in [-0.39, 0.29) is 5.91 Å². The molecule has 1 unspecified atom stereocenters. The van der Waals surface area contributed by atoms with Crippen molar-refractivity contribution in [1.29, 1.82) is 0 Å². The van der Waals surface area contributed by atoms with E-state index in [2.05, 4.69) is 43.0 Å². The second kappa shape index (κ2) is 17.7. The predicted octanol–water partition coefficient (Wildman–Crippen LogP) is 4.64. The Hall–Kier alpha value is -4.05. The number of rotatable bonds is 15. The highest BCUT2D eigenvalue weighted by Gasteiger charge is 2.20. The Morgan fingerprint density at radius 3 is 2.60 bits per heavy atom. The van der Waals surface area contributed by atoms with E-state index < -0.39 is 12.0 Å². The van der Waals surface area contributed by atoms with Gasteiger partial charge < -0.3 is 26.0 Å². The van der Waals surface area contributed by atoms with E-state index in [0.29, 0.717) is 37.7 Å². The van der Waals surface area contributed by atoms with Crippen molar-refractivity contribution in [2.24, 2.45) is 0 Å². The zero-order valence-electron chi connectivity index (χ0n) is 25.1. The molecule has 1 atom stereocenters. The summed E-state index contributed by atoms with van der Waals surface area (Å²) in [5.74, 6) is 1.02. The number of unbranched alkanes of at least 4 members (excludes halogenated alkanes) is 1. The SMILES string of the molecule is CC.CC(=O)NCCN(CCCCc1ccc2c(n1)NCCC2)CCC(Nc1ccnc(-c2ccccc2)n1)C(=O)O. The average Bonchev–Trinajstić information content (AvgIpc) is 3.02. The smallest absolute Gasteiger partial charge is 0.326 e. The molecular weight excluding hydrogens is 530 g/mol. The zero-order valence-corrected chi connectivity index (χ0v) is 25.1. The van der Waals surface area contributed by atoms with E-state index in [1.807, 2.05) is 44.2 Å². The molecule has 3 aromatic rings. The number of aromatic nitrogens is 3. The van der Waals surface area contributed by atoms with Crippen LogP contribution >= 0.6 is 0 Å². The van der Waals surface area contributed by atoms with Crippen LogP contribution in [0.3, 0.4) is 0 Å². The van der Waals surface area contributed by atoms with E-state index in [4.69, 9.17) is 4.98 Å². The summed E-state index contributed by atoms with van der Waals surface area (Å²) >= 11 is 0. The third-order valence-electron chi connectivity index (χ3n) is 6.95. The van der Waals surface area contributed by atoms with E-state index in [1.54, 1.807) is 12.3 Å². The lowest BCUT2D eigenvalue weighted by atomic mass is 10.1. The van der Waals surface area contributed by atoms with Crippen LogP contribution in [0.25, 0.3) is 11.4 Å². The molecule has 1 aromatic carbocycles. The van der Waals surface area contributed by atoms with Crippen LogP contribution in [0.5, 0.6) is 0 Å². The van der Waals surface area contributed by atoms with E-state index >= 15 is 0 Å². The number of carboxylic acid groups (broad SMARTS) is 1. The number of hydrogen-bond donors (Lipinski definition) is 4. The monoisotopic (exact) mass is 575 g/mol. The normalized spacial score (nSPS) is 12.8. The highest BCUT2D eigenvalue weighted by molar-refractivity contribution is 5.77. The first-order valence-corrected chi connectivity index (χ1v) is 15.0. The summed E-state index contributed by atoms with van der Waals surface area (Å²) in [6.07, 6.45) is 7.06. The lowest BCUT2D eigenvalue weighted by Gasteiger charge is -2.24. The van der Waals surface area contributed by atoms with E-state index in [9.17, 15) is 14.7 Å². The van der Waals surface area contributed by atoms with Gasteiger partial charge in [0.05, 0.1) is 0 Å². The fraction of sp³-hybridized carbons (Fsp3) is 0.469. The van der Waals surface area contributed by atoms with Crippen molar-refractivity contribution in [3.05, 3.63) is 66.0 Å². The zero-order chi connectivity index (χ0) is 30.2. The Kier molecular flexibility index (Phi) is 13.7. The molecule has 1 amide bonds. The fourth-order valence-electron chi connectivity index (χ4n) is 4.79. The number of anilines is 2. The number of hydrogen-bond acceptors (Lipinski definition) is 8. The number of pyridine rings is 1. The van der Waals surface area contributed by atoms with Gasteiger partial charge in [-0.25, -0.2) is 19.7 Å². The Balaban J connectivity index is 0.00000237. The van der Waals surface area contributed by atoms with E-state index in [0.717, 1.165) is 62.3 Å². The molecule has 0 bridgehead atoms. The van der Waals surface area contributed by atoms with Gasteiger partial charge in [-0.1, -0.05) is 50.2 Å². The van der Waals surface area contributed by atoms with Gasteiger partial charge in [0.1, 0.15) is 17.7 Å². The molecule has 0 saturated carbocycles. The van der Waals surface area contributed by atoms with Crippen LogP contribution in [0.15, 0.2) is 54.7 Å². The number of aliphatic carboxylic acids is 1. The van der Waals surface area contributed by atoms with Crippen molar-refractivity contribution < 1.29 is 14.7 Å². The van der Waals surface area contributed by atoms with Crippen LogP contribution < -0.4 is 16.0 Å². The van der Waals surface area contributed by atoms with Crippen LogP contribution in [-0.4, -0.2) is 75.6 Å². The molecule has 0 saturated heterocycles. The maximum Gasteiger partial charge on any atom is 0.326 e. The van der Waals surface area contributed by atoms with Crippen LogP contribution in [-0.2, 0) is 22.4 Å². The van der Waals surface area contributed by atoms with Gasteiger partial charge in [0, 0.05) is 50.6 Å². The first-order valence-electron chi connectivity index (χ1n) is 15.0. The van der Waals surface area contributed by atoms with E-state index in [1.165, 1.54) is 12.5 Å². The van der Waals surface area contributed by atoms with Gasteiger partial charge in [-0.3, -0.25) is 4.79 Å². The quantitative estimate of drug-likeness (QED) is 0.191. The highest BCUT2D eigenvalue weighted by atomic mass is 16.4. The standard InChI is InChI=1S/C30H39N7O3.C2H6/c1-22(38)31-18-21-37(19-6-5-11-25-13-12-24-10-7-16-32-28(24)34-25)20-15-26(30(39)40)35-27-14-17-33-29(36-27)23-8-3-2-4-9-23;1-2/h2-4,8-9,12-14,17,26H,5-7,10-11,15-16,18-21H2,1H3,(H,31,38)(H,32,34)(H,39,40)(H,33,35,36);1-2H3. The molecule has 42 heavy (non-hydrogen) atoms. The van der Waals surface area contributed by atoms with Crippen molar-refractivity contribution in [3.8, 4) is 11.4 Å². The van der Waals surface area contributed by atoms with Gasteiger partial charge in [0.15, 0.2) is 5.82 Å². The lowest BCUT2D eigenvalue weighted by molar-refractivity contribution is -0.138. The van der Waals surface area contributed by atoms with Gasteiger partial charge in [0.2, 0.25) is 5.91 Å². The topological polar surface area (TPSA) is 132 Å². The number of carbonyl (C=O) groups excluding carboxylic acids is 1. The van der Waals surface area contributed by atoms with Crippen LogP contribution in [0.4, 0.5) is 11.6 Å². The lowest BCUT2D eigenvalue weighted by Crippen LogP contribution is -2.39. The molecule has 4 N–H and O–H groups in total. The number of benzene rings is 1. The van der Waals surface area contributed by atoms with Crippen molar-refractivity contribution >= 4 is 23.5 Å². The first kappa shape index (κ1) is 32.5. The molecule has 10 nitrogen and oxygen atoms in total. The van der Waals surface area contributed by atoms with Gasteiger partial charge in [-0.2, -0.15) is 0 Å². The summed E-state index contributed by atoms with van der Waals surface area (Å²) in [7, 11) is 0. The summed E-state index contributed by atoms with van der Waals surface area (Å²) in [5.41, 5.74) is 3.25. The van der Waals surface area contributed by atoms with Crippen molar-refractivity contribution in [2.75, 3.05) is 43.4 Å². The molecule has 1 aliphatic heterocycles. The number of aryl methyl sites for hydroxylation is 2. The molecule has 10 heteroatoms. The summed E-state index contributed by atoms with van der Waals surface area (Å²) < 4.78 is 0. The number of carboxylic acids is 1. The molecule has 226 valence electrons. The van der Waals surface area contributed by atoms with Crippen molar-refractivity contribution in [1.82, 2.24) is 25.2 Å². The fourth-order valence-corrected chi connectivity index (χ4v) is 4.79. The summed E-state index contributed by atoms with van der Waals surface area (Å²) in [4.78, 5) is 39.3. The van der Waals surface area contributed by atoms with Gasteiger partial charge >= 0.3 is 5.97 Å². The van der Waals surface area contributed by atoms with Crippen molar-refractivity contribution in [2.45, 2.75) is 65.3 Å². The number of nitrogens with zero attached hydrogens (tertiary/aromatic N) is 4. The van der Waals surface area contributed by atoms with Crippen LogP contribution in [0.2, 0.25) is 0 Å². The van der Waals surface area contributed by atoms with Crippen LogP contribution in [0.1, 0.15) is 57.7 Å². The third-order valence-corrected chi connectivity index (χ3v) is 6.95. The summed E-state index contributed by atoms with van der Waals surface area (Å²) in [6, 6.07) is 14.8. The molecule has 0 radical (unpaired) electrons. The number of carbonyl (C=O) groups is 2. The maximum atomic E-state index is 12.1. The summed E-state index contributed by atoms with van der Waals surface area (Å²) in [6.45, 7) is 9.02. The molecule has 0 fully saturated rings. The minimum atomic E-state index is -0.936.